The van der Waals surface area contributed by atoms with Crippen molar-refractivity contribution < 1.29 is 17.9 Å². The van der Waals surface area contributed by atoms with E-state index in [0.717, 1.165) is 11.3 Å². The van der Waals surface area contributed by atoms with Crippen LogP contribution >= 0.6 is 22.9 Å². The number of hydrogen-bond donors (Lipinski definition) is 1. The molecule has 1 aromatic heterocycles. The molecule has 114 valence electrons. The molecular weight excluding hydrogens is 324 g/mol. The van der Waals surface area contributed by atoms with Crippen LogP contribution in [0, 0.1) is 12.8 Å². The summed E-state index contributed by atoms with van der Waals surface area (Å²) < 4.78 is 31.7. The predicted molar refractivity (Wildman–Crippen MR) is 77.4 cm³/mol. The van der Waals surface area contributed by atoms with Crippen LogP contribution in [-0.4, -0.2) is 32.5 Å². The number of methoxy groups -OCH3 is 1. The number of aryl methyl sites for hydroxylation is 1. The Balaban J connectivity index is 3.02. The second-order valence-corrected chi connectivity index (χ2v) is 8.16. The molecule has 0 aliphatic rings. The number of esters is 1. The van der Waals surface area contributed by atoms with Gasteiger partial charge in [0.2, 0.25) is 0 Å². The van der Waals surface area contributed by atoms with Gasteiger partial charge < -0.3 is 4.74 Å². The normalized spacial score (nSPS) is 13.5. The zero-order valence-corrected chi connectivity index (χ0v) is 14.0. The number of carbonyl (C=O) groups is 1. The van der Waals surface area contributed by atoms with Crippen molar-refractivity contribution in [3.63, 3.8) is 0 Å². The molecule has 0 saturated carbocycles. The number of aromatic nitrogens is 1. The number of thiazole rings is 1. The second kappa shape index (κ2) is 6.84. The molecule has 6 nitrogen and oxygen atoms in total. The summed E-state index contributed by atoms with van der Waals surface area (Å²) in [6.07, 6.45) is 0.345. The number of ether oxygens (including phenoxy) is 1. The van der Waals surface area contributed by atoms with E-state index in [1.807, 2.05) is 13.8 Å². The van der Waals surface area contributed by atoms with Crippen LogP contribution in [0.4, 0.5) is 0 Å². The summed E-state index contributed by atoms with van der Waals surface area (Å²) in [5.74, 6) is -0.483. The Morgan fingerprint density at radius 1 is 1.50 bits per heavy atom. The lowest BCUT2D eigenvalue weighted by atomic mass is 10.1. The number of halogens is 1. The van der Waals surface area contributed by atoms with Gasteiger partial charge in [-0.25, -0.2) is 13.4 Å². The Morgan fingerprint density at radius 2 is 2.10 bits per heavy atom. The van der Waals surface area contributed by atoms with Gasteiger partial charge >= 0.3 is 5.97 Å². The Labute approximate surface area is 127 Å². The molecule has 20 heavy (non-hydrogen) atoms. The maximum Gasteiger partial charge on any atom is 0.323 e. The van der Waals surface area contributed by atoms with E-state index in [2.05, 4.69) is 14.4 Å². The number of nitrogens with one attached hydrogen (secondary N) is 1. The lowest BCUT2D eigenvalue weighted by molar-refractivity contribution is -0.143. The standard InChI is InChI=1S/C11H17ClN2O4S2/c1-6(2)5-8(9(15)18-4)14-20(16,17)10-7(3)13-11(12)19-10/h6,8,14H,5H2,1-4H3. The molecule has 0 fully saturated rings. The maximum atomic E-state index is 12.3. The molecule has 0 aromatic carbocycles. The largest absolute Gasteiger partial charge is 0.468 e. The summed E-state index contributed by atoms with van der Waals surface area (Å²) >= 11 is 6.56. The summed E-state index contributed by atoms with van der Waals surface area (Å²) in [5, 5.41) is 0. The van der Waals surface area contributed by atoms with Gasteiger partial charge in [-0.1, -0.05) is 36.8 Å². The number of hydrogen-bond acceptors (Lipinski definition) is 6. The average molecular weight is 341 g/mol. The van der Waals surface area contributed by atoms with Crippen LogP contribution in [0.3, 0.4) is 0 Å². The van der Waals surface area contributed by atoms with Gasteiger partial charge in [0, 0.05) is 0 Å². The van der Waals surface area contributed by atoms with Crippen LogP contribution in [0.2, 0.25) is 4.47 Å². The summed E-state index contributed by atoms with van der Waals surface area (Å²) in [6, 6.07) is -0.926. The van der Waals surface area contributed by atoms with Crippen molar-refractivity contribution in [3.05, 3.63) is 10.2 Å². The zero-order valence-electron chi connectivity index (χ0n) is 11.6. The fourth-order valence-corrected chi connectivity index (χ4v) is 4.60. The third-order valence-electron chi connectivity index (χ3n) is 2.46. The highest BCUT2D eigenvalue weighted by Gasteiger charge is 2.29. The van der Waals surface area contributed by atoms with Crippen molar-refractivity contribution in [2.24, 2.45) is 5.92 Å². The fraction of sp³-hybridized carbons (Fsp3) is 0.636. The van der Waals surface area contributed by atoms with Crippen LogP contribution in [0.25, 0.3) is 0 Å². The molecule has 0 aliphatic heterocycles. The average Bonchev–Trinajstić information content (AvgIpc) is 2.66. The topological polar surface area (TPSA) is 85.4 Å². The van der Waals surface area contributed by atoms with Crippen LogP contribution < -0.4 is 4.72 Å². The van der Waals surface area contributed by atoms with Gasteiger partial charge in [0.05, 0.1) is 12.8 Å². The first-order chi connectivity index (χ1) is 9.17. The fourth-order valence-electron chi connectivity index (χ4n) is 1.65. The van der Waals surface area contributed by atoms with Crippen molar-refractivity contribution in [2.75, 3.05) is 7.11 Å². The van der Waals surface area contributed by atoms with Crippen LogP contribution in [0.1, 0.15) is 26.0 Å². The molecule has 9 heteroatoms. The second-order valence-electron chi connectivity index (χ2n) is 4.67. The molecule has 0 radical (unpaired) electrons. The highest BCUT2D eigenvalue weighted by Crippen LogP contribution is 2.27. The maximum absolute atomic E-state index is 12.3. The molecule has 1 heterocycles. The van der Waals surface area contributed by atoms with Crippen molar-refractivity contribution in [1.29, 1.82) is 0 Å². The number of rotatable bonds is 6. The first kappa shape index (κ1) is 17.4. The summed E-state index contributed by atoms with van der Waals surface area (Å²) in [5.41, 5.74) is 0.306. The van der Waals surface area contributed by atoms with E-state index in [-0.39, 0.29) is 14.6 Å². The van der Waals surface area contributed by atoms with E-state index >= 15 is 0 Å². The molecule has 0 aliphatic carbocycles. The van der Waals surface area contributed by atoms with Crippen molar-refractivity contribution in [2.45, 2.75) is 37.4 Å². The number of sulfonamides is 1. The Kier molecular flexibility index (Phi) is 5.93. The molecule has 0 amide bonds. The monoisotopic (exact) mass is 340 g/mol. The molecule has 0 saturated heterocycles. The van der Waals surface area contributed by atoms with Gasteiger partial charge in [0.25, 0.3) is 10.0 Å². The molecular formula is C11H17ClN2O4S2. The smallest absolute Gasteiger partial charge is 0.323 e. The molecule has 0 bridgehead atoms. The minimum absolute atomic E-state index is 0.0140. The summed E-state index contributed by atoms with van der Waals surface area (Å²) in [4.78, 5) is 15.5. The van der Waals surface area contributed by atoms with E-state index < -0.39 is 22.0 Å². The van der Waals surface area contributed by atoms with E-state index in [4.69, 9.17) is 11.6 Å². The third-order valence-corrected chi connectivity index (χ3v) is 5.81. The number of nitrogens with zero attached hydrogens (tertiary/aromatic N) is 1. The Hall–Kier alpha value is -0.700. The minimum Gasteiger partial charge on any atom is -0.468 e. The van der Waals surface area contributed by atoms with E-state index in [9.17, 15) is 13.2 Å². The summed E-state index contributed by atoms with van der Waals surface area (Å²) in [6.45, 7) is 5.32. The SMILES string of the molecule is COC(=O)C(CC(C)C)NS(=O)(=O)c1sc(Cl)nc1C. The van der Waals surface area contributed by atoms with Crippen molar-refractivity contribution in [1.82, 2.24) is 9.71 Å². The number of carbonyl (C=O) groups excluding carboxylic acids is 1. The van der Waals surface area contributed by atoms with Crippen molar-refractivity contribution >= 4 is 38.9 Å². The quantitative estimate of drug-likeness (QED) is 0.800. The third kappa shape index (κ3) is 4.41. The molecule has 0 spiro atoms. The van der Waals surface area contributed by atoms with Gasteiger partial charge in [-0.05, 0) is 19.3 Å². The van der Waals surface area contributed by atoms with Crippen molar-refractivity contribution in [3.8, 4) is 0 Å². The van der Waals surface area contributed by atoms with Gasteiger partial charge in [0.1, 0.15) is 6.04 Å². The highest BCUT2D eigenvalue weighted by atomic mass is 35.5. The van der Waals surface area contributed by atoms with Crippen LogP contribution in [0.5, 0.6) is 0 Å². The van der Waals surface area contributed by atoms with E-state index in [1.165, 1.54) is 7.11 Å². The van der Waals surface area contributed by atoms with Gasteiger partial charge in [-0.3, -0.25) is 4.79 Å². The zero-order chi connectivity index (χ0) is 15.5. The Morgan fingerprint density at radius 3 is 2.50 bits per heavy atom. The van der Waals surface area contributed by atoms with Crippen LogP contribution in [-0.2, 0) is 19.6 Å². The van der Waals surface area contributed by atoms with Gasteiger partial charge in [-0.15, -0.1) is 0 Å². The summed E-state index contributed by atoms with van der Waals surface area (Å²) in [7, 11) is -2.63. The van der Waals surface area contributed by atoms with Crippen LogP contribution in [0.15, 0.2) is 4.21 Å². The first-order valence-corrected chi connectivity index (χ1v) is 8.58. The lowest BCUT2D eigenvalue weighted by Gasteiger charge is -2.17. The van der Waals surface area contributed by atoms with E-state index in [0.29, 0.717) is 12.1 Å². The molecule has 1 unspecified atom stereocenters. The minimum atomic E-state index is -3.85. The molecule has 1 aromatic rings. The van der Waals surface area contributed by atoms with Gasteiger partial charge in [0.15, 0.2) is 8.68 Å². The van der Waals surface area contributed by atoms with Gasteiger partial charge in [-0.2, -0.15) is 4.72 Å². The molecule has 1 rings (SSSR count). The predicted octanol–water partition coefficient (Wildman–Crippen LogP) is 1.97. The molecule has 1 N–H and O–H groups in total. The lowest BCUT2D eigenvalue weighted by Crippen LogP contribution is -2.42. The Bertz CT molecular complexity index is 583. The van der Waals surface area contributed by atoms with E-state index in [1.54, 1.807) is 6.92 Å². The highest BCUT2D eigenvalue weighted by molar-refractivity contribution is 7.91. The molecule has 1 atom stereocenters. The first-order valence-electron chi connectivity index (χ1n) is 5.90.